The van der Waals surface area contributed by atoms with E-state index in [2.05, 4.69) is 5.32 Å². The highest BCUT2D eigenvalue weighted by Crippen LogP contribution is 2.22. The standard InChI is InChI=1S/C13H27NO6/c1-8(2)7-19-13-12(17)11(16)10(15)9(20-13)6-14-4-5-18-3/h8-17H,4-7H2,1-3H3/t9-,10-,11+,12-,13+/m1/s1. The molecule has 0 aromatic heterocycles. The number of aliphatic hydroxyl groups excluding tert-OH is 3. The van der Waals surface area contributed by atoms with Gasteiger partial charge >= 0.3 is 0 Å². The van der Waals surface area contributed by atoms with Crippen molar-refractivity contribution in [2.24, 2.45) is 5.92 Å². The predicted molar refractivity (Wildman–Crippen MR) is 72.2 cm³/mol. The molecule has 0 spiro atoms. The molecule has 1 heterocycles. The molecule has 0 aromatic carbocycles. The Labute approximate surface area is 119 Å². The van der Waals surface area contributed by atoms with E-state index in [-0.39, 0.29) is 5.92 Å². The molecule has 1 aliphatic rings. The van der Waals surface area contributed by atoms with Gasteiger partial charge in [0.15, 0.2) is 6.29 Å². The fraction of sp³-hybridized carbons (Fsp3) is 1.00. The molecule has 1 fully saturated rings. The molecule has 0 saturated carbocycles. The minimum absolute atomic E-state index is 0.285. The molecule has 120 valence electrons. The lowest BCUT2D eigenvalue weighted by atomic mass is 9.99. The van der Waals surface area contributed by atoms with Crippen molar-refractivity contribution in [1.29, 1.82) is 0 Å². The SMILES string of the molecule is COCCNC[C@H]1O[C@H](OCC(C)C)[C@H](O)[C@@H](O)[C@@H]1O. The van der Waals surface area contributed by atoms with E-state index in [1.54, 1.807) is 7.11 Å². The number of hydrogen-bond donors (Lipinski definition) is 4. The van der Waals surface area contributed by atoms with Crippen molar-refractivity contribution in [2.45, 2.75) is 44.6 Å². The number of aliphatic hydroxyl groups is 3. The highest BCUT2D eigenvalue weighted by atomic mass is 16.7. The summed E-state index contributed by atoms with van der Waals surface area (Å²) in [6, 6.07) is 0. The van der Waals surface area contributed by atoms with E-state index in [1.807, 2.05) is 13.8 Å². The number of methoxy groups -OCH3 is 1. The molecular formula is C13H27NO6. The van der Waals surface area contributed by atoms with Crippen LogP contribution in [-0.4, -0.2) is 79.4 Å². The molecule has 4 N–H and O–H groups in total. The monoisotopic (exact) mass is 293 g/mol. The third kappa shape index (κ3) is 5.25. The van der Waals surface area contributed by atoms with Crippen LogP contribution in [0, 0.1) is 5.92 Å². The summed E-state index contributed by atoms with van der Waals surface area (Å²) in [5, 5.41) is 32.6. The number of hydrogen-bond acceptors (Lipinski definition) is 7. The second kappa shape index (κ2) is 8.89. The molecule has 0 unspecified atom stereocenters. The summed E-state index contributed by atoms with van der Waals surface area (Å²) in [5.74, 6) is 0.285. The maximum absolute atomic E-state index is 9.90. The van der Waals surface area contributed by atoms with Crippen LogP contribution in [0.15, 0.2) is 0 Å². The molecule has 0 aromatic rings. The van der Waals surface area contributed by atoms with Crippen molar-refractivity contribution in [2.75, 3.05) is 33.4 Å². The minimum Gasteiger partial charge on any atom is -0.388 e. The molecule has 1 rings (SSSR count). The van der Waals surface area contributed by atoms with Gasteiger partial charge in [0.25, 0.3) is 0 Å². The summed E-state index contributed by atoms with van der Waals surface area (Å²) in [5.41, 5.74) is 0. The van der Waals surface area contributed by atoms with E-state index < -0.39 is 30.7 Å². The Morgan fingerprint density at radius 3 is 2.45 bits per heavy atom. The van der Waals surface area contributed by atoms with Gasteiger partial charge < -0.3 is 34.8 Å². The average Bonchev–Trinajstić information content (AvgIpc) is 2.41. The average molecular weight is 293 g/mol. The Bertz CT molecular complexity index is 265. The van der Waals surface area contributed by atoms with Crippen LogP contribution in [0.2, 0.25) is 0 Å². The summed E-state index contributed by atoms with van der Waals surface area (Å²) in [6.07, 6.45) is -5.25. The van der Waals surface area contributed by atoms with Gasteiger partial charge in [0, 0.05) is 20.2 Å². The summed E-state index contributed by atoms with van der Waals surface area (Å²) >= 11 is 0. The molecule has 0 radical (unpaired) electrons. The summed E-state index contributed by atoms with van der Waals surface area (Å²) in [7, 11) is 1.60. The topological polar surface area (TPSA) is 100 Å². The Hall–Kier alpha value is -0.280. The van der Waals surface area contributed by atoms with E-state index in [9.17, 15) is 15.3 Å². The van der Waals surface area contributed by atoms with Crippen LogP contribution in [-0.2, 0) is 14.2 Å². The van der Waals surface area contributed by atoms with Gasteiger partial charge in [-0.2, -0.15) is 0 Å². The van der Waals surface area contributed by atoms with Crippen LogP contribution in [0.25, 0.3) is 0 Å². The second-order valence-corrected chi connectivity index (χ2v) is 5.44. The second-order valence-electron chi connectivity index (χ2n) is 5.44. The summed E-state index contributed by atoms with van der Waals surface area (Å²) in [4.78, 5) is 0. The van der Waals surface area contributed by atoms with Crippen molar-refractivity contribution < 1.29 is 29.5 Å². The first-order valence-corrected chi connectivity index (χ1v) is 6.98. The Morgan fingerprint density at radius 1 is 1.15 bits per heavy atom. The Balaban J connectivity index is 2.47. The molecular weight excluding hydrogens is 266 g/mol. The van der Waals surface area contributed by atoms with E-state index in [1.165, 1.54) is 0 Å². The molecule has 5 atom stereocenters. The van der Waals surface area contributed by atoms with Gasteiger partial charge in [-0.3, -0.25) is 0 Å². The zero-order chi connectivity index (χ0) is 15.1. The van der Waals surface area contributed by atoms with Crippen LogP contribution in [0.4, 0.5) is 0 Å². The van der Waals surface area contributed by atoms with Crippen LogP contribution in [0.3, 0.4) is 0 Å². The van der Waals surface area contributed by atoms with Crippen LogP contribution in [0.5, 0.6) is 0 Å². The molecule has 7 nitrogen and oxygen atoms in total. The lowest BCUT2D eigenvalue weighted by Crippen LogP contribution is -2.60. The van der Waals surface area contributed by atoms with Crippen molar-refractivity contribution in [1.82, 2.24) is 5.32 Å². The van der Waals surface area contributed by atoms with Gasteiger partial charge in [-0.05, 0) is 5.92 Å². The van der Waals surface area contributed by atoms with Crippen LogP contribution >= 0.6 is 0 Å². The fourth-order valence-electron chi connectivity index (χ4n) is 1.93. The molecule has 1 saturated heterocycles. The molecule has 20 heavy (non-hydrogen) atoms. The van der Waals surface area contributed by atoms with Crippen molar-refractivity contribution in [3.63, 3.8) is 0 Å². The van der Waals surface area contributed by atoms with E-state index in [0.717, 1.165) is 0 Å². The smallest absolute Gasteiger partial charge is 0.186 e. The van der Waals surface area contributed by atoms with E-state index >= 15 is 0 Å². The largest absolute Gasteiger partial charge is 0.388 e. The fourth-order valence-corrected chi connectivity index (χ4v) is 1.93. The summed E-state index contributed by atoms with van der Waals surface area (Å²) < 4.78 is 15.9. The maximum Gasteiger partial charge on any atom is 0.186 e. The van der Waals surface area contributed by atoms with Crippen molar-refractivity contribution >= 4 is 0 Å². The summed E-state index contributed by atoms with van der Waals surface area (Å²) in [6.45, 7) is 5.86. The normalized spacial score (nSPS) is 34.6. The minimum atomic E-state index is -1.28. The Kier molecular flexibility index (Phi) is 7.90. The Morgan fingerprint density at radius 2 is 1.85 bits per heavy atom. The highest BCUT2D eigenvalue weighted by molar-refractivity contribution is 4.90. The van der Waals surface area contributed by atoms with Crippen molar-refractivity contribution in [3.05, 3.63) is 0 Å². The van der Waals surface area contributed by atoms with E-state index in [0.29, 0.717) is 26.3 Å². The van der Waals surface area contributed by atoms with Gasteiger partial charge in [-0.25, -0.2) is 0 Å². The zero-order valence-electron chi connectivity index (χ0n) is 12.4. The highest BCUT2D eigenvalue weighted by Gasteiger charge is 2.43. The molecule has 1 aliphatic heterocycles. The van der Waals surface area contributed by atoms with Gasteiger partial charge in [0.1, 0.15) is 24.4 Å². The maximum atomic E-state index is 9.90. The van der Waals surface area contributed by atoms with Gasteiger partial charge in [0.2, 0.25) is 0 Å². The lowest BCUT2D eigenvalue weighted by Gasteiger charge is -2.40. The first-order chi connectivity index (χ1) is 9.47. The molecule has 7 heteroatoms. The van der Waals surface area contributed by atoms with Crippen LogP contribution < -0.4 is 5.32 Å². The molecule has 0 aliphatic carbocycles. The predicted octanol–water partition coefficient (Wildman–Crippen LogP) is -1.30. The van der Waals surface area contributed by atoms with E-state index in [4.69, 9.17) is 14.2 Å². The van der Waals surface area contributed by atoms with Crippen LogP contribution in [0.1, 0.15) is 13.8 Å². The molecule has 0 amide bonds. The van der Waals surface area contributed by atoms with Gasteiger partial charge in [-0.1, -0.05) is 13.8 Å². The first-order valence-electron chi connectivity index (χ1n) is 6.98. The zero-order valence-corrected chi connectivity index (χ0v) is 12.4. The van der Waals surface area contributed by atoms with Crippen molar-refractivity contribution in [3.8, 4) is 0 Å². The van der Waals surface area contributed by atoms with Gasteiger partial charge in [0.05, 0.1) is 13.2 Å². The third-order valence-corrected chi connectivity index (χ3v) is 3.09. The number of rotatable bonds is 8. The number of ether oxygens (including phenoxy) is 3. The quantitative estimate of drug-likeness (QED) is 0.413. The van der Waals surface area contributed by atoms with Gasteiger partial charge in [-0.15, -0.1) is 0 Å². The number of nitrogens with one attached hydrogen (secondary N) is 1. The first kappa shape index (κ1) is 17.8. The lowest BCUT2D eigenvalue weighted by molar-refractivity contribution is -0.297. The molecule has 0 bridgehead atoms. The third-order valence-electron chi connectivity index (χ3n) is 3.09.